The van der Waals surface area contributed by atoms with E-state index in [-0.39, 0.29) is 11.5 Å². The summed E-state index contributed by atoms with van der Waals surface area (Å²) in [7, 11) is 0. The van der Waals surface area contributed by atoms with Gasteiger partial charge >= 0.3 is 5.97 Å². The number of benzene rings is 2. The van der Waals surface area contributed by atoms with Crippen LogP contribution in [-0.4, -0.2) is 36.1 Å². The molecule has 1 atom stereocenters. The van der Waals surface area contributed by atoms with Crippen molar-refractivity contribution in [2.24, 2.45) is 0 Å². The summed E-state index contributed by atoms with van der Waals surface area (Å²) in [5.74, 6) is -0.976. The van der Waals surface area contributed by atoms with Gasteiger partial charge in [-0.1, -0.05) is 48.0 Å². The zero-order valence-electron chi connectivity index (χ0n) is 16.4. The summed E-state index contributed by atoms with van der Waals surface area (Å²) >= 11 is 1.38. The summed E-state index contributed by atoms with van der Waals surface area (Å²) in [5.41, 5.74) is 3.16. The molecule has 0 radical (unpaired) electrons. The van der Waals surface area contributed by atoms with Crippen molar-refractivity contribution >= 4 is 29.4 Å². The molecule has 0 unspecified atom stereocenters. The number of aryl methyl sites for hydroxylation is 2. The number of amides is 1. The fourth-order valence-electron chi connectivity index (χ4n) is 2.57. The zero-order valence-corrected chi connectivity index (χ0v) is 17.2. The van der Waals surface area contributed by atoms with Crippen molar-refractivity contribution in [1.82, 2.24) is 5.32 Å². The first kappa shape index (κ1) is 21.7. The van der Waals surface area contributed by atoms with Gasteiger partial charge in [0.2, 0.25) is 0 Å². The maximum absolute atomic E-state index is 12.1. The molecule has 2 rings (SSSR count). The first-order valence-electron chi connectivity index (χ1n) is 9.04. The van der Waals surface area contributed by atoms with Crippen LogP contribution in [0.2, 0.25) is 0 Å². The molecule has 0 spiro atoms. The maximum Gasteiger partial charge on any atom is 0.316 e. The van der Waals surface area contributed by atoms with Gasteiger partial charge in [0.1, 0.15) is 0 Å². The lowest BCUT2D eigenvalue weighted by Gasteiger charge is -2.16. The standard InChI is InChI=1S/C22H25NO4S/c1-15-9-10-16(2)20(11-15)28-14-22(26)27-13-21(25)23-19(17(3)24)12-18-7-5-4-6-8-18/h4-11,19H,12-14H2,1-3H3,(H,23,25)/t19-/m0/s1. The average molecular weight is 400 g/mol. The molecule has 0 aliphatic carbocycles. The van der Waals surface area contributed by atoms with Crippen molar-refractivity contribution < 1.29 is 19.1 Å². The summed E-state index contributed by atoms with van der Waals surface area (Å²) < 4.78 is 5.04. The third-order valence-electron chi connectivity index (χ3n) is 4.16. The van der Waals surface area contributed by atoms with Crippen molar-refractivity contribution in [3.05, 3.63) is 65.2 Å². The molecule has 0 saturated carbocycles. The van der Waals surface area contributed by atoms with Crippen molar-refractivity contribution in [3.63, 3.8) is 0 Å². The number of nitrogens with one attached hydrogen (secondary N) is 1. The van der Waals surface area contributed by atoms with Crippen molar-refractivity contribution in [2.45, 2.75) is 38.1 Å². The predicted octanol–water partition coefficient (Wildman–Crippen LogP) is 3.26. The summed E-state index contributed by atoms with van der Waals surface area (Å²) in [5, 5.41) is 2.64. The molecule has 28 heavy (non-hydrogen) atoms. The molecule has 0 aromatic heterocycles. The Bertz CT molecular complexity index is 836. The van der Waals surface area contributed by atoms with E-state index in [0.29, 0.717) is 6.42 Å². The second kappa shape index (κ2) is 10.7. The number of carbonyl (C=O) groups is 3. The number of thioether (sulfide) groups is 1. The number of rotatable bonds is 9. The van der Waals surface area contributed by atoms with Gasteiger partial charge in [-0.25, -0.2) is 0 Å². The molecular formula is C22H25NO4S. The molecule has 0 aliphatic rings. The maximum atomic E-state index is 12.1. The van der Waals surface area contributed by atoms with Gasteiger partial charge in [-0.05, 0) is 44.4 Å². The molecule has 1 N–H and O–H groups in total. The topological polar surface area (TPSA) is 72.5 Å². The van der Waals surface area contributed by atoms with Crippen LogP contribution in [0.3, 0.4) is 0 Å². The molecule has 148 valence electrons. The molecule has 6 heteroatoms. The Balaban J connectivity index is 1.79. The third kappa shape index (κ3) is 7.19. The zero-order chi connectivity index (χ0) is 20.5. The van der Waals surface area contributed by atoms with E-state index in [9.17, 15) is 14.4 Å². The van der Waals surface area contributed by atoms with E-state index in [1.807, 2.05) is 62.4 Å². The van der Waals surface area contributed by atoms with Crippen LogP contribution in [0.5, 0.6) is 0 Å². The monoisotopic (exact) mass is 399 g/mol. The van der Waals surface area contributed by atoms with Crippen LogP contribution >= 0.6 is 11.8 Å². The van der Waals surface area contributed by atoms with E-state index in [0.717, 1.165) is 21.6 Å². The second-order valence-corrected chi connectivity index (χ2v) is 7.66. The van der Waals surface area contributed by atoms with Gasteiger partial charge < -0.3 is 10.1 Å². The highest BCUT2D eigenvalue weighted by Gasteiger charge is 2.18. The lowest BCUT2D eigenvalue weighted by atomic mass is 10.0. The number of ketones is 1. The van der Waals surface area contributed by atoms with Crippen LogP contribution in [0.1, 0.15) is 23.6 Å². The number of esters is 1. The Labute approximate surface area is 169 Å². The molecule has 1 amide bonds. The SMILES string of the molecule is CC(=O)[C@H](Cc1ccccc1)NC(=O)COC(=O)CSc1cc(C)ccc1C. The van der Waals surface area contributed by atoms with Crippen LogP contribution in [-0.2, 0) is 25.5 Å². The highest BCUT2D eigenvalue weighted by molar-refractivity contribution is 8.00. The number of Topliss-reactive ketones (excluding diaryl/α,β-unsaturated/α-hetero) is 1. The van der Waals surface area contributed by atoms with E-state index < -0.39 is 24.5 Å². The third-order valence-corrected chi connectivity index (χ3v) is 5.29. The molecule has 2 aromatic carbocycles. The van der Waals surface area contributed by atoms with Gasteiger partial charge in [0.25, 0.3) is 5.91 Å². The van der Waals surface area contributed by atoms with Crippen LogP contribution in [0, 0.1) is 13.8 Å². The second-order valence-electron chi connectivity index (χ2n) is 6.64. The summed E-state index contributed by atoms with van der Waals surface area (Å²) in [6.45, 7) is 5.01. The van der Waals surface area contributed by atoms with Gasteiger partial charge in [0.05, 0.1) is 11.8 Å². The van der Waals surface area contributed by atoms with Crippen molar-refractivity contribution in [3.8, 4) is 0 Å². The lowest BCUT2D eigenvalue weighted by Crippen LogP contribution is -2.43. The highest BCUT2D eigenvalue weighted by Crippen LogP contribution is 2.23. The first-order valence-corrected chi connectivity index (χ1v) is 10.0. The molecule has 0 aliphatic heterocycles. The van der Waals surface area contributed by atoms with Crippen molar-refractivity contribution in [1.29, 1.82) is 0 Å². The average Bonchev–Trinajstić information content (AvgIpc) is 2.67. The molecular weight excluding hydrogens is 374 g/mol. The minimum absolute atomic E-state index is 0.123. The van der Waals surface area contributed by atoms with Gasteiger partial charge in [-0.2, -0.15) is 0 Å². The summed E-state index contributed by atoms with van der Waals surface area (Å²) in [6.07, 6.45) is 0.401. The largest absolute Gasteiger partial charge is 0.455 e. The predicted molar refractivity (Wildman–Crippen MR) is 110 cm³/mol. The number of carbonyl (C=O) groups excluding carboxylic acids is 3. The molecule has 2 aromatic rings. The number of hydrogen-bond acceptors (Lipinski definition) is 5. The van der Waals surface area contributed by atoms with E-state index in [4.69, 9.17) is 4.74 Å². The molecule has 5 nitrogen and oxygen atoms in total. The normalized spacial score (nSPS) is 11.5. The van der Waals surface area contributed by atoms with Crippen LogP contribution < -0.4 is 5.32 Å². The van der Waals surface area contributed by atoms with Gasteiger partial charge in [-0.3, -0.25) is 14.4 Å². The van der Waals surface area contributed by atoms with Gasteiger partial charge in [0, 0.05) is 4.90 Å². The van der Waals surface area contributed by atoms with Gasteiger partial charge in [0.15, 0.2) is 12.4 Å². The van der Waals surface area contributed by atoms with Crippen LogP contribution in [0.15, 0.2) is 53.4 Å². The summed E-state index contributed by atoms with van der Waals surface area (Å²) in [4.78, 5) is 36.8. The van der Waals surface area contributed by atoms with E-state index in [1.54, 1.807) is 0 Å². The fraction of sp³-hybridized carbons (Fsp3) is 0.318. The molecule has 0 fully saturated rings. The Hall–Kier alpha value is -2.60. The molecule has 0 heterocycles. The minimum atomic E-state index is -0.641. The van der Waals surface area contributed by atoms with Crippen molar-refractivity contribution in [2.75, 3.05) is 12.4 Å². The number of ether oxygens (including phenoxy) is 1. The van der Waals surface area contributed by atoms with E-state index in [2.05, 4.69) is 5.32 Å². The fourth-order valence-corrected chi connectivity index (χ4v) is 3.49. The molecule has 0 saturated heterocycles. The lowest BCUT2D eigenvalue weighted by molar-refractivity contribution is -0.146. The Kier molecular flexibility index (Phi) is 8.26. The van der Waals surface area contributed by atoms with Crippen LogP contribution in [0.4, 0.5) is 0 Å². The summed E-state index contributed by atoms with van der Waals surface area (Å²) in [6, 6.07) is 14.8. The number of hydrogen-bond donors (Lipinski definition) is 1. The highest BCUT2D eigenvalue weighted by atomic mass is 32.2. The minimum Gasteiger partial charge on any atom is -0.455 e. The smallest absolute Gasteiger partial charge is 0.316 e. The quantitative estimate of drug-likeness (QED) is 0.518. The Morgan fingerprint density at radius 2 is 1.79 bits per heavy atom. The Morgan fingerprint density at radius 3 is 2.46 bits per heavy atom. The van der Waals surface area contributed by atoms with E-state index >= 15 is 0 Å². The van der Waals surface area contributed by atoms with E-state index in [1.165, 1.54) is 18.7 Å². The van der Waals surface area contributed by atoms with Gasteiger partial charge in [-0.15, -0.1) is 11.8 Å². The first-order chi connectivity index (χ1) is 13.3. The van der Waals surface area contributed by atoms with Crippen LogP contribution in [0.25, 0.3) is 0 Å². The Morgan fingerprint density at radius 1 is 1.07 bits per heavy atom. The molecule has 0 bridgehead atoms.